The lowest BCUT2D eigenvalue weighted by atomic mass is 10.1. The molecule has 2 rings (SSSR count). The Labute approximate surface area is 119 Å². The van der Waals surface area contributed by atoms with Gasteiger partial charge in [-0.25, -0.2) is 13.1 Å². The lowest BCUT2D eigenvalue weighted by Crippen LogP contribution is -2.27. The third-order valence-electron chi connectivity index (χ3n) is 3.28. The SMILES string of the molecule is CCC(O)CCNS(=O)(=O)c1cccc2ccccc12. The van der Waals surface area contributed by atoms with Crippen LogP contribution in [-0.4, -0.2) is 26.2 Å². The first-order valence-corrected chi connectivity index (χ1v) is 8.18. The highest BCUT2D eigenvalue weighted by Gasteiger charge is 2.16. The van der Waals surface area contributed by atoms with E-state index in [0.717, 1.165) is 5.39 Å². The predicted octanol–water partition coefficient (Wildman–Crippen LogP) is 2.28. The first-order valence-electron chi connectivity index (χ1n) is 6.70. The Morgan fingerprint density at radius 3 is 2.60 bits per heavy atom. The van der Waals surface area contributed by atoms with Crippen LogP contribution in [0.4, 0.5) is 0 Å². The molecular weight excluding hydrogens is 274 g/mol. The van der Waals surface area contributed by atoms with Crippen molar-refractivity contribution in [1.29, 1.82) is 0 Å². The number of sulfonamides is 1. The molecular formula is C15H19NO3S. The van der Waals surface area contributed by atoms with Gasteiger partial charge in [0.15, 0.2) is 0 Å². The Bertz CT molecular complexity index is 677. The van der Waals surface area contributed by atoms with Gasteiger partial charge >= 0.3 is 0 Å². The maximum Gasteiger partial charge on any atom is 0.241 e. The zero-order valence-electron chi connectivity index (χ0n) is 11.4. The Morgan fingerprint density at radius 1 is 1.15 bits per heavy atom. The van der Waals surface area contributed by atoms with Crippen molar-refractivity contribution >= 4 is 20.8 Å². The smallest absolute Gasteiger partial charge is 0.241 e. The molecule has 4 nitrogen and oxygen atoms in total. The van der Waals surface area contributed by atoms with Crippen LogP contribution in [0.5, 0.6) is 0 Å². The van der Waals surface area contributed by atoms with Gasteiger partial charge < -0.3 is 5.11 Å². The number of rotatable bonds is 6. The lowest BCUT2D eigenvalue weighted by molar-refractivity contribution is 0.162. The van der Waals surface area contributed by atoms with Gasteiger partial charge in [-0.3, -0.25) is 0 Å². The number of hydrogen-bond donors (Lipinski definition) is 2. The van der Waals surface area contributed by atoms with Crippen LogP contribution >= 0.6 is 0 Å². The number of hydrogen-bond acceptors (Lipinski definition) is 3. The molecule has 2 aromatic rings. The van der Waals surface area contributed by atoms with Gasteiger partial charge in [-0.2, -0.15) is 0 Å². The molecule has 2 aromatic carbocycles. The molecule has 1 unspecified atom stereocenters. The predicted molar refractivity (Wildman–Crippen MR) is 80.1 cm³/mol. The van der Waals surface area contributed by atoms with Crippen LogP contribution in [-0.2, 0) is 10.0 Å². The van der Waals surface area contributed by atoms with Crippen LogP contribution in [0, 0.1) is 0 Å². The average Bonchev–Trinajstić information content (AvgIpc) is 2.46. The quantitative estimate of drug-likeness (QED) is 0.858. The van der Waals surface area contributed by atoms with Crippen molar-refractivity contribution in [3.8, 4) is 0 Å². The standard InChI is InChI=1S/C15H19NO3S/c1-2-13(17)10-11-16-20(18,19)15-9-5-7-12-6-3-4-8-14(12)15/h3-9,13,16-17H,2,10-11H2,1H3. The van der Waals surface area contributed by atoms with Gasteiger partial charge in [0, 0.05) is 11.9 Å². The highest BCUT2D eigenvalue weighted by Crippen LogP contribution is 2.22. The van der Waals surface area contributed by atoms with Crippen molar-refractivity contribution in [3.05, 3.63) is 42.5 Å². The minimum atomic E-state index is -3.55. The van der Waals surface area contributed by atoms with E-state index in [2.05, 4.69) is 4.72 Å². The van der Waals surface area contributed by atoms with Crippen LogP contribution in [0.25, 0.3) is 10.8 Å². The Balaban J connectivity index is 2.24. The van der Waals surface area contributed by atoms with E-state index in [1.54, 1.807) is 18.2 Å². The van der Waals surface area contributed by atoms with E-state index in [1.165, 1.54) is 0 Å². The minimum Gasteiger partial charge on any atom is -0.393 e. The van der Waals surface area contributed by atoms with Crippen molar-refractivity contribution in [1.82, 2.24) is 4.72 Å². The molecule has 1 atom stereocenters. The number of aliphatic hydroxyl groups excluding tert-OH is 1. The summed E-state index contributed by atoms with van der Waals surface area (Å²) in [4.78, 5) is 0.279. The van der Waals surface area contributed by atoms with Gasteiger partial charge in [-0.1, -0.05) is 43.3 Å². The molecule has 108 valence electrons. The van der Waals surface area contributed by atoms with Crippen molar-refractivity contribution in [3.63, 3.8) is 0 Å². The fraction of sp³-hybridized carbons (Fsp3) is 0.333. The van der Waals surface area contributed by atoms with Crippen molar-refractivity contribution in [2.75, 3.05) is 6.54 Å². The third-order valence-corrected chi connectivity index (χ3v) is 4.80. The fourth-order valence-corrected chi connectivity index (χ4v) is 3.35. The van der Waals surface area contributed by atoms with Gasteiger partial charge in [0.05, 0.1) is 11.0 Å². The molecule has 0 aliphatic heterocycles. The second kappa shape index (κ2) is 6.35. The molecule has 0 saturated carbocycles. The normalized spacial score (nSPS) is 13.5. The van der Waals surface area contributed by atoms with Crippen molar-refractivity contribution in [2.24, 2.45) is 0 Å². The first-order chi connectivity index (χ1) is 9.54. The topological polar surface area (TPSA) is 66.4 Å². The molecule has 0 amide bonds. The van der Waals surface area contributed by atoms with Crippen LogP contribution in [0.3, 0.4) is 0 Å². The molecule has 2 N–H and O–H groups in total. The van der Waals surface area contributed by atoms with Crippen molar-refractivity contribution < 1.29 is 13.5 Å². The van der Waals surface area contributed by atoms with Gasteiger partial charge in [0.1, 0.15) is 0 Å². The van der Waals surface area contributed by atoms with Crippen LogP contribution < -0.4 is 4.72 Å². The highest BCUT2D eigenvalue weighted by atomic mass is 32.2. The van der Waals surface area contributed by atoms with E-state index in [9.17, 15) is 13.5 Å². The van der Waals surface area contributed by atoms with Gasteiger partial charge in [0.25, 0.3) is 0 Å². The fourth-order valence-electron chi connectivity index (χ4n) is 2.07. The summed E-state index contributed by atoms with van der Waals surface area (Å²) in [5, 5.41) is 11.1. The van der Waals surface area contributed by atoms with Crippen LogP contribution in [0.1, 0.15) is 19.8 Å². The average molecular weight is 293 g/mol. The summed E-state index contributed by atoms with van der Waals surface area (Å²) in [7, 11) is -3.55. The molecule has 0 bridgehead atoms. The van der Waals surface area contributed by atoms with Crippen molar-refractivity contribution in [2.45, 2.75) is 30.8 Å². The maximum atomic E-state index is 12.3. The summed E-state index contributed by atoms with van der Waals surface area (Å²) in [6.07, 6.45) is 0.571. The number of aliphatic hydroxyl groups is 1. The first kappa shape index (κ1) is 15.0. The minimum absolute atomic E-state index is 0.237. The highest BCUT2D eigenvalue weighted by molar-refractivity contribution is 7.89. The Morgan fingerprint density at radius 2 is 1.85 bits per heavy atom. The summed E-state index contributed by atoms with van der Waals surface area (Å²) >= 11 is 0. The molecule has 0 aromatic heterocycles. The molecule has 5 heteroatoms. The summed E-state index contributed by atoms with van der Waals surface area (Å²) in [5.41, 5.74) is 0. The summed E-state index contributed by atoms with van der Waals surface area (Å²) in [6, 6.07) is 12.6. The van der Waals surface area contributed by atoms with E-state index in [0.29, 0.717) is 18.2 Å². The summed E-state index contributed by atoms with van der Waals surface area (Å²) in [6.45, 7) is 2.10. The molecule has 0 fully saturated rings. The maximum absolute atomic E-state index is 12.3. The Kier molecular flexibility index (Phi) is 4.75. The van der Waals surface area contributed by atoms with Crippen LogP contribution in [0.2, 0.25) is 0 Å². The lowest BCUT2D eigenvalue weighted by Gasteiger charge is -2.11. The van der Waals surface area contributed by atoms with E-state index in [4.69, 9.17) is 0 Å². The van der Waals surface area contributed by atoms with E-state index >= 15 is 0 Å². The monoisotopic (exact) mass is 293 g/mol. The summed E-state index contributed by atoms with van der Waals surface area (Å²) < 4.78 is 27.2. The van der Waals surface area contributed by atoms with Gasteiger partial charge in [-0.15, -0.1) is 0 Å². The largest absolute Gasteiger partial charge is 0.393 e. The second-order valence-electron chi connectivity index (χ2n) is 4.73. The molecule has 0 aliphatic rings. The van der Waals surface area contributed by atoms with E-state index in [1.807, 2.05) is 31.2 Å². The molecule has 20 heavy (non-hydrogen) atoms. The summed E-state index contributed by atoms with van der Waals surface area (Å²) in [5.74, 6) is 0. The second-order valence-corrected chi connectivity index (χ2v) is 6.46. The number of nitrogens with one attached hydrogen (secondary N) is 1. The zero-order valence-corrected chi connectivity index (χ0v) is 12.2. The van der Waals surface area contributed by atoms with E-state index in [-0.39, 0.29) is 11.4 Å². The molecule has 0 aliphatic carbocycles. The van der Waals surface area contributed by atoms with Crippen LogP contribution in [0.15, 0.2) is 47.4 Å². The molecule has 0 radical (unpaired) electrons. The van der Waals surface area contributed by atoms with Gasteiger partial charge in [-0.05, 0) is 24.3 Å². The molecule has 0 saturated heterocycles. The van der Waals surface area contributed by atoms with Gasteiger partial charge in [0.2, 0.25) is 10.0 Å². The third kappa shape index (κ3) is 3.36. The van der Waals surface area contributed by atoms with E-state index < -0.39 is 16.1 Å². The zero-order chi connectivity index (χ0) is 14.6. The molecule has 0 heterocycles. The molecule has 0 spiro atoms. The number of fused-ring (bicyclic) bond motifs is 1. The Hall–Kier alpha value is -1.43. The number of benzene rings is 2.